The van der Waals surface area contributed by atoms with Gasteiger partial charge < -0.3 is 10.2 Å². The van der Waals surface area contributed by atoms with E-state index in [2.05, 4.69) is 5.32 Å². The molecule has 236 valence electrons. The fourth-order valence-electron chi connectivity index (χ4n) is 5.21. The standard InChI is InChI=1S/C37H43N3O4S/c1-27-19-21-32(22-20-27)45(43,44)40(33-18-11-10-14-29(33)3)26-35(41)39(25-31-17-12-13-28(2)23-31)34(36(42)38-37(4,5)6)24-30-15-8-7-9-16-30/h7-23,34H,24-26H2,1-6H3,(H,38,42). The zero-order chi connectivity index (χ0) is 32.8. The summed E-state index contributed by atoms with van der Waals surface area (Å²) in [7, 11) is -4.15. The van der Waals surface area contributed by atoms with Crippen LogP contribution in [-0.4, -0.2) is 43.3 Å². The molecule has 0 spiro atoms. The lowest BCUT2D eigenvalue weighted by Gasteiger charge is -2.35. The molecule has 0 aliphatic carbocycles. The van der Waals surface area contributed by atoms with E-state index in [-0.39, 0.29) is 23.8 Å². The van der Waals surface area contributed by atoms with Crippen LogP contribution in [-0.2, 0) is 32.6 Å². The Balaban J connectivity index is 1.83. The first kappa shape index (κ1) is 33.5. The van der Waals surface area contributed by atoms with Crippen LogP contribution in [0.5, 0.6) is 0 Å². The van der Waals surface area contributed by atoms with Crippen LogP contribution in [0.1, 0.15) is 48.6 Å². The van der Waals surface area contributed by atoms with E-state index in [1.807, 2.05) is 108 Å². The van der Waals surface area contributed by atoms with E-state index in [4.69, 9.17) is 0 Å². The van der Waals surface area contributed by atoms with Crippen LogP contribution in [0.2, 0.25) is 0 Å². The van der Waals surface area contributed by atoms with Crippen LogP contribution >= 0.6 is 0 Å². The molecule has 7 nitrogen and oxygen atoms in total. The number of anilines is 1. The lowest BCUT2D eigenvalue weighted by atomic mass is 10.0. The monoisotopic (exact) mass is 625 g/mol. The zero-order valence-corrected chi connectivity index (χ0v) is 27.8. The van der Waals surface area contributed by atoms with Gasteiger partial charge in [0, 0.05) is 18.5 Å². The number of carbonyl (C=O) groups is 2. The third kappa shape index (κ3) is 8.82. The Morgan fingerprint density at radius 1 is 0.756 bits per heavy atom. The van der Waals surface area contributed by atoms with E-state index in [9.17, 15) is 18.0 Å². The predicted octanol–water partition coefficient (Wildman–Crippen LogP) is 6.36. The molecule has 2 amide bonds. The fourth-order valence-corrected chi connectivity index (χ4v) is 6.69. The number of benzene rings is 4. The molecule has 4 rings (SSSR count). The maximum atomic E-state index is 14.6. The lowest BCUT2D eigenvalue weighted by Crippen LogP contribution is -2.56. The van der Waals surface area contributed by atoms with E-state index >= 15 is 0 Å². The molecule has 8 heteroatoms. The Morgan fingerprint density at radius 3 is 2.00 bits per heavy atom. The normalized spacial score (nSPS) is 12.3. The van der Waals surface area contributed by atoms with Gasteiger partial charge in [0.2, 0.25) is 11.8 Å². The summed E-state index contributed by atoms with van der Waals surface area (Å²) >= 11 is 0. The Bertz CT molecular complexity index is 1730. The number of amides is 2. The first-order chi connectivity index (χ1) is 21.2. The van der Waals surface area contributed by atoms with Gasteiger partial charge in [0.05, 0.1) is 10.6 Å². The zero-order valence-electron chi connectivity index (χ0n) is 26.9. The molecule has 45 heavy (non-hydrogen) atoms. The molecule has 0 aliphatic heterocycles. The van der Waals surface area contributed by atoms with Gasteiger partial charge in [-0.05, 0) is 76.4 Å². The number of rotatable bonds is 11. The van der Waals surface area contributed by atoms with Gasteiger partial charge in [0.25, 0.3) is 10.0 Å². The highest BCUT2D eigenvalue weighted by Crippen LogP contribution is 2.28. The number of hydrogen-bond donors (Lipinski definition) is 1. The molecule has 1 N–H and O–H groups in total. The van der Waals surface area contributed by atoms with E-state index in [1.54, 1.807) is 36.4 Å². The molecule has 1 atom stereocenters. The third-order valence-electron chi connectivity index (χ3n) is 7.48. The van der Waals surface area contributed by atoms with Gasteiger partial charge >= 0.3 is 0 Å². The average Bonchev–Trinajstić information content (AvgIpc) is 2.98. The van der Waals surface area contributed by atoms with Crippen molar-refractivity contribution in [3.05, 3.63) is 131 Å². The second-order valence-corrected chi connectivity index (χ2v) is 14.4. The Morgan fingerprint density at radius 2 is 1.38 bits per heavy atom. The number of para-hydroxylation sites is 1. The van der Waals surface area contributed by atoms with Gasteiger partial charge in [-0.15, -0.1) is 0 Å². The van der Waals surface area contributed by atoms with Gasteiger partial charge in [-0.25, -0.2) is 8.42 Å². The summed E-state index contributed by atoms with van der Waals surface area (Å²) < 4.78 is 29.6. The number of nitrogens with zero attached hydrogens (tertiary/aromatic N) is 2. The van der Waals surface area contributed by atoms with Gasteiger partial charge in [0.1, 0.15) is 12.6 Å². The summed E-state index contributed by atoms with van der Waals surface area (Å²) in [5.41, 5.74) is 4.22. The van der Waals surface area contributed by atoms with Crippen molar-refractivity contribution in [1.29, 1.82) is 0 Å². The largest absolute Gasteiger partial charge is 0.350 e. The van der Waals surface area contributed by atoms with Crippen molar-refractivity contribution in [1.82, 2.24) is 10.2 Å². The number of nitrogens with one attached hydrogen (secondary N) is 1. The molecule has 0 fully saturated rings. The van der Waals surface area contributed by atoms with Crippen molar-refractivity contribution in [2.75, 3.05) is 10.8 Å². The van der Waals surface area contributed by atoms with E-state index in [0.29, 0.717) is 11.3 Å². The summed E-state index contributed by atoms with van der Waals surface area (Å²) in [6, 6.07) is 30.1. The third-order valence-corrected chi connectivity index (χ3v) is 9.25. The summed E-state index contributed by atoms with van der Waals surface area (Å²) in [6.45, 7) is 11.0. The van der Waals surface area contributed by atoms with Gasteiger partial charge in [0.15, 0.2) is 0 Å². The van der Waals surface area contributed by atoms with Crippen molar-refractivity contribution < 1.29 is 18.0 Å². The van der Waals surface area contributed by atoms with Crippen LogP contribution in [0.15, 0.2) is 108 Å². The first-order valence-electron chi connectivity index (χ1n) is 15.1. The van der Waals surface area contributed by atoms with Crippen molar-refractivity contribution in [3.63, 3.8) is 0 Å². The lowest BCUT2D eigenvalue weighted by molar-refractivity contribution is -0.140. The summed E-state index contributed by atoms with van der Waals surface area (Å²) in [5.74, 6) is -0.795. The molecule has 0 bridgehead atoms. The minimum absolute atomic E-state index is 0.0840. The number of hydrogen-bond acceptors (Lipinski definition) is 4. The molecule has 1 unspecified atom stereocenters. The van der Waals surface area contributed by atoms with Gasteiger partial charge in [-0.1, -0.05) is 96.1 Å². The molecule has 0 radical (unpaired) electrons. The summed E-state index contributed by atoms with van der Waals surface area (Å²) in [6.07, 6.45) is 0.259. The molecular formula is C37H43N3O4S. The number of aryl methyl sites for hydroxylation is 3. The maximum absolute atomic E-state index is 14.6. The quantitative estimate of drug-likeness (QED) is 0.210. The summed E-state index contributed by atoms with van der Waals surface area (Å²) in [5, 5.41) is 3.06. The second-order valence-electron chi connectivity index (χ2n) is 12.6. The highest BCUT2D eigenvalue weighted by Gasteiger charge is 2.36. The molecular weight excluding hydrogens is 582 g/mol. The van der Waals surface area contributed by atoms with E-state index < -0.39 is 34.1 Å². The molecule has 0 aromatic heterocycles. The van der Waals surface area contributed by atoms with Gasteiger partial charge in [-0.3, -0.25) is 13.9 Å². The molecule has 0 saturated heterocycles. The molecule has 0 aliphatic rings. The van der Waals surface area contributed by atoms with Crippen molar-refractivity contribution >= 4 is 27.5 Å². The first-order valence-corrected chi connectivity index (χ1v) is 16.5. The molecule has 0 heterocycles. The average molecular weight is 626 g/mol. The smallest absolute Gasteiger partial charge is 0.264 e. The fraction of sp³-hybridized carbons (Fsp3) is 0.297. The minimum atomic E-state index is -4.15. The maximum Gasteiger partial charge on any atom is 0.264 e. The highest BCUT2D eigenvalue weighted by molar-refractivity contribution is 7.92. The van der Waals surface area contributed by atoms with Crippen LogP contribution in [0, 0.1) is 20.8 Å². The highest BCUT2D eigenvalue weighted by atomic mass is 32.2. The number of sulfonamides is 1. The van der Waals surface area contributed by atoms with Gasteiger partial charge in [-0.2, -0.15) is 0 Å². The predicted molar refractivity (Wildman–Crippen MR) is 180 cm³/mol. The molecule has 4 aromatic rings. The van der Waals surface area contributed by atoms with Crippen LogP contribution in [0.25, 0.3) is 0 Å². The second kappa shape index (κ2) is 14.1. The number of carbonyl (C=O) groups excluding carboxylic acids is 2. The Labute approximate surface area is 268 Å². The minimum Gasteiger partial charge on any atom is -0.350 e. The van der Waals surface area contributed by atoms with E-state index in [1.165, 1.54) is 9.21 Å². The van der Waals surface area contributed by atoms with Crippen LogP contribution in [0.4, 0.5) is 5.69 Å². The Hall–Kier alpha value is -4.43. The van der Waals surface area contributed by atoms with Crippen molar-refractivity contribution in [3.8, 4) is 0 Å². The molecule has 4 aromatic carbocycles. The topological polar surface area (TPSA) is 86.8 Å². The van der Waals surface area contributed by atoms with Crippen LogP contribution < -0.4 is 9.62 Å². The summed E-state index contributed by atoms with van der Waals surface area (Å²) in [4.78, 5) is 30.2. The van der Waals surface area contributed by atoms with Crippen molar-refractivity contribution in [2.24, 2.45) is 0 Å². The van der Waals surface area contributed by atoms with E-state index in [0.717, 1.165) is 22.3 Å². The van der Waals surface area contributed by atoms with Crippen LogP contribution in [0.3, 0.4) is 0 Å². The van der Waals surface area contributed by atoms with Crippen molar-refractivity contribution in [2.45, 2.75) is 71.0 Å². The molecule has 0 saturated carbocycles. The SMILES string of the molecule is Cc1ccc(S(=O)(=O)N(CC(=O)N(Cc2cccc(C)c2)C(Cc2ccccc2)C(=O)NC(C)(C)C)c2ccccc2C)cc1. The Kier molecular flexibility index (Phi) is 10.5.